The highest BCUT2D eigenvalue weighted by Gasteiger charge is 2.24. The molecule has 2 aromatic rings. The van der Waals surface area contributed by atoms with E-state index in [9.17, 15) is 4.79 Å². The van der Waals surface area contributed by atoms with Crippen LogP contribution >= 0.6 is 0 Å². The Morgan fingerprint density at radius 2 is 2.16 bits per heavy atom. The second-order valence-corrected chi connectivity index (χ2v) is 6.97. The fourth-order valence-electron chi connectivity index (χ4n) is 3.06. The van der Waals surface area contributed by atoms with E-state index in [2.05, 4.69) is 44.6 Å². The number of aryl methyl sites for hydroxylation is 1. The lowest BCUT2D eigenvalue weighted by atomic mass is 10.2. The minimum Gasteiger partial charge on any atom is -0.352 e. The zero-order valence-electron chi connectivity index (χ0n) is 14.9. The molecule has 3 rings (SSSR count). The molecule has 0 aliphatic carbocycles. The van der Waals surface area contributed by atoms with Crippen LogP contribution in [0.3, 0.4) is 0 Å². The molecule has 6 heteroatoms. The number of carbonyl (C=O) groups is 1. The number of aromatic nitrogens is 2. The highest BCUT2D eigenvalue weighted by molar-refractivity contribution is 5.76. The molecule has 1 atom stereocenters. The van der Waals surface area contributed by atoms with Gasteiger partial charge in [0.15, 0.2) is 5.82 Å². The summed E-state index contributed by atoms with van der Waals surface area (Å²) in [5, 5.41) is 7.05. The van der Waals surface area contributed by atoms with E-state index in [1.807, 2.05) is 19.9 Å². The lowest BCUT2D eigenvalue weighted by molar-refractivity contribution is -0.121. The number of amides is 1. The standard InChI is InChI=1S/C19H26N4O2/c1-14(2)19-21-18(25-22-19)9-8-17(24)20-16-10-11-23(13-16)12-15-6-4-3-5-7-15/h3-7,14,16H,8-13H2,1-2H3,(H,20,24). The van der Waals surface area contributed by atoms with Gasteiger partial charge in [-0.1, -0.05) is 49.3 Å². The molecule has 6 nitrogen and oxygen atoms in total. The van der Waals surface area contributed by atoms with E-state index in [0.29, 0.717) is 24.6 Å². The molecule has 0 bridgehead atoms. The normalized spacial score (nSPS) is 18.0. The van der Waals surface area contributed by atoms with Crippen LogP contribution in [0.15, 0.2) is 34.9 Å². The number of carbonyl (C=O) groups excluding carboxylic acids is 1. The van der Waals surface area contributed by atoms with E-state index >= 15 is 0 Å². The van der Waals surface area contributed by atoms with Gasteiger partial charge in [0.2, 0.25) is 11.8 Å². The largest absolute Gasteiger partial charge is 0.352 e. The summed E-state index contributed by atoms with van der Waals surface area (Å²) >= 11 is 0. The number of rotatable bonds is 7. The van der Waals surface area contributed by atoms with E-state index in [0.717, 1.165) is 26.1 Å². The molecule has 0 spiro atoms. The monoisotopic (exact) mass is 342 g/mol. The van der Waals surface area contributed by atoms with Crippen LogP contribution in [0.4, 0.5) is 0 Å². The van der Waals surface area contributed by atoms with Crippen LogP contribution in [0.1, 0.15) is 49.9 Å². The Hall–Kier alpha value is -2.21. The number of hydrogen-bond acceptors (Lipinski definition) is 5. The third-order valence-electron chi connectivity index (χ3n) is 4.45. The lowest BCUT2D eigenvalue weighted by Gasteiger charge is -2.16. The number of nitrogens with zero attached hydrogens (tertiary/aromatic N) is 3. The van der Waals surface area contributed by atoms with Gasteiger partial charge >= 0.3 is 0 Å². The van der Waals surface area contributed by atoms with E-state index in [4.69, 9.17) is 4.52 Å². The zero-order valence-corrected chi connectivity index (χ0v) is 14.9. The first-order valence-electron chi connectivity index (χ1n) is 8.98. The number of likely N-dealkylation sites (tertiary alicyclic amines) is 1. The highest BCUT2D eigenvalue weighted by atomic mass is 16.5. The average molecular weight is 342 g/mol. The molecule has 1 unspecified atom stereocenters. The first-order chi connectivity index (χ1) is 12.1. The molecule has 1 amide bonds. The van der Waals surface area contributed by atoms with Crippen molar-refractivity contribution in [1.82, 2.24) is 20.4 Å². The van der Waals surface area contributed by atoms with Gasteiger partial charge in [-0.2, -0.15) is 4.98 Å². The summed E-state index contributed by atoms with van der Waals surface area (Å²) in [7, 11) is 0. The Bertz CT molecular complexity index is 684. The summed E-state index contributed by atoms with van der Waals surface area (Å²) in [6.07, 6.45) is 1.87. The topological polar surface area (TPSA) is 71.3 Å². The summed E-state index contributed by atoms with van der Waals surface area (Å²) in [6.45, 7) is 6.89. The van der Waals surface area contributed by atoms with Crippen molar-refractivity contribution in [2.45, 2.75) is 51.6 Å². The number of benzene rings is 1. The highest BCUT2D eigenvalue weighted by Crippen LogP contribution is 2.14. The predicted molar refractivity (Wildman–Crippen MR) is 95.0 cm³/mol. The minimum atomic E-state index is 0.0517. The Morgan fingerprint density at radius 1 is 1.36 bits per heavy atom. The molecular formula is C19H26N4O2. The van der Waals surface area contributed by atoms with E-state index in [-0.39, 0.29) is 17.9 Å². The molecule has 1 fully saturated rings. The van der Waals surface area contributed by atoms with Crippen molar-refractivity contribution in [3.8, 4) is 0 Å². The van der Waals surface area contributed by atoms with Gasteiger partial charge in [-0.3, -0.25) is 9.69 Å². The summed E-state index contributed by atoms with van der Waals surface area (Å²) < 4.78 is 5.18. The van der Waals surface area contributed by atoms with Crippen LogP contribution in [0.2, 0.25) is 0 Å². The third kappa shape index (κ3) is 5.13. The molecule has 134 valence electrons. The third-order valence-corrected chi connectivity index (χ3v) is 4.45. The number of hydrogen-bond donors (Lipinski definition) is 1. The van der Waals surface area contributed by atoms with E-state index in [1.54, 1.807) is 0 Å². The molecule has 0 saturated carbocycles. The van der Waals surface area contributed by atoms with Crippen molar-refractivity contribution in [3.05, 3.63) is 47.6 Å². The Kier molecular flexibility index (Phi) is 5.81. The summed E-state index contributed by atoms with van der Waals surface area (Å²) in [6, 6.07) is 10.7. The second-order valence-electron chi connectivity index (χ2n) is 6.97. The van der Waals surface area contributed by atoms with Crippen LogP contribution in [0.25, 0.3) is 0 Å². The SMILES string of the molecule is CC(C)c1noc(CCC(=O)NC2CCN(Cc3ccccc3)C2)n1. The maximum atomic E-state index is 12.2. The molecule has 1 saturated heterocycles. The minimum absolute atomic E-state index is 0.0517. The summed E-state index contributed by atoms with van der Waals surface area (Å²) in [5.41, 5.74) is 1.31. The van der Waals surface area contributed by atoms with Gasteiger partial charge in [0, 0.05) is 44.4 Å². The fraction of sp³-hybridized carbons (Fsp3) is 0.526. The predicted octanol–water partition coefficient (Wildman–Crippen LogP) is 2.52. The van der Waals surface area contributed by atoms with Crippen molar-refractivity contribution < 1.29 is 9.32 Å². The molecule has 1 aliphatic rings. The van der Waals surface area contributed by atoms with E-state index in [1.165, 1.54) is 5.56 Å². The Labute approximate surface area is 148 Å². The number of nitrogens with one attached hydrogen (secondary N) is 1. The van der Waals surface area contributed by atoms with Gasteiger partial charge in [-0.25, -0.2) is 0 Å². The molecule has 2 heterocycles. The van der Waals surface area contributed by atoms with Gasteiger partial charge in [0.1, 0.15) is 0 Å². The van der Waals surface area contributed by atoms with Crippen LogP contribution < -0.4 is 5.32 Å². The van der Waals surface area contributed by atoms with Crippen molar-refractivity contribution in [2.24, 2.45) is 0 Å². The van der Waals surface area contributed by atoms with E-state index < -0.39 is 0 Å². The fourth-order valence-corrected chi connectivity index (χ4v) is 3.06. The maximum absolute atomic E-state index is 12.2. The summed E-state index contributed by atoms with van der Waals surface area (Å²) in [5.74, 6) is 1.52. The van der Waals surface area contributed by atoms with Gasteiger partial charge in [-0.05, 0) is 12.0 Å². The molecule has 1 aliphatic heterocycles. The lowest BCUT2D eigenvalue weighted by Crippen LogP contribution is -2.37. The van der Waals surface area contributed by atoms with Crippen molar-refractivity contribution >= 4 is 5.91 Å². The van der Waals surface area contributed by atoms with Crippen LogP contribution in [0, 0.1) is 0 Å². The second kappa shape index (κ2) is 8.25. The smallest absolute Gasteiger partial charge is 0.227 e. The molecule has 1 N–H and O–H groups in total. The van der Waals surface area contributed by atoms with Crippen molar-refractivity contribution in [3.63, 3.8) is 0 Å². The van der Waals surface area contributed by atoms with Crippen molar-refractivity contribution in [1.29, 1.82) is 0 Å². The van der Waals surface area contributed by atoms with Gasteiger partial charge < -0.3 is 9.84 Å². The van der Waals surface area contributed by atoms with Gasteiger partial charge in [0.25, 0.3) is 0 Å². The zero-order chi connectivity index (χ0) is 17.6. The van der Waals surface area contributed by atoms with Gasteiger partial charge in [-0.15, -0.1) is 0 Å². The average Bonchev–Trinajstić information content (AvgIpc) is 3.23. The van der Waals surface area contributed by atoms with Crippen LogP contribution in [-0.2, 0) is 17.8 Å². The van der Waals surface area contributed by atoms with Crippen LogP contribution in [0.5, 0.6) is 0 Å². The molecular weight excluding hydrogens is 316 g/mol. The van der Waals surface area contributed by atoms with Crippen LogP contribution in [-0.4, -0.2) is 40.1 Å². The first kappa shape index (κ1) is 17.6. The quantitative estimate of drug-likeness (QED) is 0.837. The van der Waals surface area contributed by atoms with Gasteiger partial charge in [0.05, 0.1) is 0 Å². The van der Waals surface area contributed by atoms with Crippen molar-refractivity contribution in [2.75, 3.05) is 13.1 Å². The Balaban J connectivity index is 1.39. The molecule has 1 aromatic heterocycles. The molecule has 0 radical (unpaired) electrons. The molecule has 1 aromatic carbocycles. The Morgan fingerprint density at radius 3 is 2.88 bits per heavy atom. The molecule has 25 heavy (non-hydrogen) atoms. The maximum Gasteiger partial charge on any atom is 0.227 e. The first-order valence-corrected chi connectivity index (χ1v) is 8.98. The summed E-state index contributed by atoms with van der Waals surface area (Å²) in [4.78, 5) is 18.8.